The molecule has 0 saturated carbocycles. The topological polar surface area (TPSA) is 69.6 Å². The highest BCUT2D eigenvalue weighted by atomic mass is 16.3. The number of hydrogen-bond donors (Lipinski definition) is 3. The number of aliphatic hydroxyl groups excluding tert-OH is 2. The van der Waals surface area contributed by atoms with Crippen LogP contribution in [0, 0.1) is 0 Å². The van der Waals surface area contributed by atoms with Gasteiger partial charge in [-0.05, 0) is 38.5 Å². The van der Waals surface area contributed by atoms with Gasteiger partial charge in [0.15, 0.2) is 0 Å². The molecule has 240 valence electrons. The number of aliphatic hydroxyl groups is 2. The largest absolute Gasteiger partial charge is 0.394 e. The lowest BCUT2D eigenvalue weighted by molar-refractivity contribution is -0.123. The molecule has 0 aliphatic heterocycles. The maximum absolute atomic E-state index is 12.3. The molecule has 0 aliphatic carbocycles. The van der Waals surface area contributed by atoms with Gasteiger partial charge in [0, 0.05) is 6.42 Å². The molecule has 0 aromatic heterocycles. The fourth-order valence-electron chi connectivity index (χ4n) is 5.16. The lowest BCUT2D eigenvalue weighted by Crippen LogP contribution is -2.45. The number of amides is 1. The van der Waals surface area contributed by atoms with Gasteiger partial charge in [0.05, 0.1) is 18.8 Å². The molecule has 4 nitrogen and oxygen atoms in total. The highest BCUT2D eigenvalue weighted by Crippen LogP contribution is 2.15. The van der Waals surface area contributed by atoms with E-state index in [-0.39, 0.29) is 12.5 Å². The molecule has 0 spiro atoms. The van der Waals surface area contributed by atoms with Crippen molar-refractivity contribution in [2.24, 2.45) is 0 Å². The Balaban J connectivity index is 3.59. The van der Waals surface area contributed by atoms with E-state index in [4.69, 9.17) is 0 Å². The first-order chi connectivity index (χ1) is 20.2. The van der Waals surface area contributed by atoms with Crippen LogP contribution in [0.5, 0.6) is 0 Å². The summed E-state index contributed by atoms with van der Waals surface area (Å²) in [4.78, 5) is 12.3. The van der Waals surface area contributed by atoms with Gasteiger partial charge in [-0.2, -0.15) is 0 Å². The van der Waals surface area contributed by atoms with Gasteiger partial charge in [0.25, 0.3) is 0 Å². The molecule has 41 heavy (non-hydrogen) atoms. The number of allylic oxidation sites excluding steroid dienone is 5. The molecule has 0 rings (SSSR count). The van der Waals surface area contributed by atoms with E-state index in [0.29, 0.717) is 6.42 Å². The zero-order chi connectivity index (χ0) is 30.1. The molecule has 4 heteroatoms. The maximum atomic E-state index is 12.3. The average molecular weight is 576 g/mol. The third-order valence-electron chi connectivity index (χ3n) is 7.87. The van der Waals surface area contributed by atoms with E-state index in [0.717, 1.165) is 44.9 Å². The zero-order valence-corrected chi connectivity index (χ0v) is 27.3. The molecular formula is C37H69NO3. The quantitative estimate of drug-likeness (QED) is 0.0569. The summed E-state index contributed by atoms with van der Waals surface area (Å²) < 4.78 is 0. The summed E-state index contributed by atoms with van der Waals surface area (Å²) in [6.45, 7) is 4.16. The number of carbonyl (C=O) groups excluding carboxylic acids is 1. The van der Waals surface area contributed by atoms with Gasteiger partial charge in [-0.15, -0.1) is 0 Å². The lowest BCUT2D eigenvalue weighted by atomic mass is 10.0. The minimum atomic E-state index is -0.864. The van der Waals surface area contributed by atoms with Crippen LogP contribution in [0.2, 0.25) is 0 Å². The number of rotatable bonds is 31. The molecule has 0 bridgehead atoms. The second-order valence-corrected chi connectivity index (χ2v) is 11.9. The van der Waals surface area contributed by atoms with Crippen LogP contribution in [0.3, 0.4) is 0 Å². The van der Waals surface area contributed by atoms with E-state index in [1.807, 2.05) is 6.08 Å². The highest BCUT2D eigenvalue weighted by Gasteiger charge is 2.17. The van der Waals surface area contributed by atoms with Crippen molar-refractivity contribution in [3.63, 3.8) is 0 Å². The first-order valence-electron chi connectivity index (χ1n) is 17.7. The number of hydrogen-bond acceptors (Lipinski definition) is 3. The molecule has 0 aliphatic rings. The molecule has 0 aromatic carbocycles. The lowest BCUT2D eigenvalue weighted by Gasteiger charge is -2.19. The zero-order valence-electron chi connectivity index (χ0n) is 27.3. The van der Waals surface area contributed by atoms with E-state index in [1.54, 1.807) is 6.08 Å². The fraction of sp³-hybridized carbons (Fsp3) is 0.811. The summed E-state index contributed by atoms with van der Waals surface area (Å²) in [5.41, 5.74) is 0. The fourth-order valence-corrected chi connectivity index (χ4v) is 5.16. The SMILES string of the molecule is CC/C=C/CC/C=C/CC/C=C/C(O)C(CO)NC(=O)CCCCCCCCCCCCCCCCCCCCC. The third kappa shape index (κ3) is 29.9. The first-order valence-corrected chi connectivity index (χ1v) is 17.7. The van der Waals surface area contributed by atoms with Crippen LogP contribution in [0.25, 0.3) is 0 Å². The standard InChI is InChI=1S/C37H69NO3/c1-3-5-7-9-11-13-15-16-17-18-19-20-21-22-23-25-27-29-31-33-37(41)38-35(34-39)36(40)32-30-28-26-24-14-12-10-8-6-4-2/h6,8,14,24,30,32,35-36,39-40H,3-5,7,9-13,15-23,25-29,31,33-34H2,1-2H3,(H,38,41)/b8-6+,24-14+,32-30+. The third-order valence-corrected chi connectivity index (χ3v) is 7.87. The van der Waals surface area contributed by atoms with E-state index in [9.17, 15) is 15.0 Å². The number of carbonyl (C=O) groups is 1. The molecule has 3 N–H and O–H groups in total. The average Bonchev–Trinajstić information content (AvgIpc) is 2.97. The Morgan fingerprint density at radius 1 is 0.585 bits per heavy atom. The second-order valence-electron chi connectivity index (χ2n) is 11.9. The first kappa shape index (κ1) is 39.6. The number of unbranched alkanes of at least 4 members (excludes halogenated alkanes) is 20. The van der Waals surface area contributed by atoms with Crippen LogP contribution in [0.1, 0.15) is 174 Å². The molecule has 0 fully saturated rings. The Bertz CT molecular complexity index is 628. The maximum Gasteiger partial charge on any atom is 0.220 e. The van der Waals surface area contributed by atoms with Gasteiger partial charge < -0.3 is 15.5 Å². The minimum Gasteiger partial charge on any atom is -0.394 e. The molecule has 2 unspecified atom stereocenters. The Morgan fingerprint density at radius 3 is 1.39 bits per heavy atom. The Morgan fingerprint density at radius 2 is 0.976 bits per heavy atom. The molecule has 2 atom stereocenters. The van der Waals surface area contributed by atoms with Gasteiger partial charge in [-0.1, -0.05) is 166 Å². The van der Waals surface area contributed by atoms with Gasteiger partial charge in [-0.25, -0.2) is 0 Å². The summed E-state index contributed by atoms with van der Waals surface area (Å²) in [6, 6.07) is -0.639. The summed E-state index contributed by atoms with van der Waals surface area (Å²) in [5.74, 6) is -0.0801. The smallest absolute Gasteiger partial charge is 0.220 e. The van der Waals surface area contributed by atoms with Crippen molar-refractivity contribution in [3.05, 3.63) is 36.5 Å². The van der Waals surface area contributed by atoms with Crippen molar-refractivity contribution in [2.75, 3.05) is 6.61 Å². The van der Waals surface area contributed by atoms with Gasteiger partial charge in [0.1, 0.15) is 0 Å². The van der Waals surface area contributed by atoms with Crippen molar-refractivity contribution in [1.82, 2.24) is 5.32 Å². The molecular weight excluding hydrogens is 506 g/mol. The van der Waals surface area contributed by atoms with Gasteiger partial charge in [0.2, 0.25) is 5.91 Å². The van der Waals surface area contributed by atoms with Gasteiger partial charge >= 0.3 is 0 Å². The van der Waals surface area contributed by atoms with Crippen LogP contribution < -0.4 is 5.32 Å². The van der Waals surface area contributed by atoms with Crippen LogP contribution in [0.15, 0.2) is 36.5 Å². The van der Waals surface area contributed by atoms with Crippen molar-refractivity contribution < 1.29 is 15.0 Å². The van der Waals surface area contributed by atoms with E-state index in [2.05, 4.69) is 43.5 Å². The molecule has 0 heterocycles. The molecule has 0 radical (unpaired) electrons. The molecule has 1 amide bonds. The monoisotopic (exact) mass is 576 g/mol. The predicted molar refractivity (Wildman–Crippen MR) is 179 cm³/mol. The highest BCUT2D eigenvalue weighted by molar-refractivity contribution is 5.76. The molecule has 0 saturated heterocycles. The Hall–Kier alpha value is -1.39. The van der Waals surface area contributed by atoms with Crippen molar-refractivity contribution in [2.45, 2.75) is 187 Å². The van der Waals surface area contributed by atoms with E-state index in [1.165, 1.54) is 109 Å². The normalized spacial score (nSPS) is 13.6. The summed E-state index contributed by atoms with van der Waals surface area (Å²) >= 11 is 0. The van der Waals surface area contributed by atoms with Gasteiger partial charge in [-0.3, -0.25) is 4.79 Å². The second kappa shape index (κ2) is 33.1. The van der Waals surface area contributed by atoms with Crippen LogP contribution >= 0.6 is 0 Å². The summed E-state index contributed by atoms with van der Waals surface area (Å²) in [7, 11) is 0. The predicted octanol–water partition coefficient (Wildman–Crippen LogP) is 10.3. The Labute approximate surface area is 255 Å². The van der Waals surface area contributed by atoms with Crippen molar-refractivity contribution in [3.8, 4) is 0 Å². The number of nitrogens with one attached hydrogen (secondary N) is 1. The minimum absolute atomic E-state index is 0.0801. The summed E-state index contributed by atoms with van der Waals surface area (Å²) in [6.07, 6.45) is 42.4. The summed E-state index contributed by atoms with van der Waals surface area (Å²) in [5, 5.41) is 22.7. The van der Waals surface area contributed by atoms with E-state index >= 15 is 0 Å². The van der Waals surface area contributed by atoms with Crippen LogP contribution in [-0.2, 0) is 4.79 Å². The Kier molecular flexibility index (Phi) is 32.0. The van der Waals surface area contributed by atoms with Crippen LogP contribution in [-0.4, -0.2) is 34.9 Å². The molecule has 0 aromatic rings. The van der Waals surface area contributed by atoms with Crippen LogP contribution in [0.4, 0.5) is 0 Å². The van der Waals surface area contributed by atoms with E-state index < -0.39 is 12.1 Å². The van der Waals surface area contributed by atoms with Crippen molar-refractivity contribution >= 4 is 5.91 Å². The van der Waals surface area contributed by atoms with Crippen molar-refractivity contribution in [1.29, 1.82) is 0 Å².